The molecule has 0 unspecified atom stereocenters. The first kappa shape index (κ1) is 9.56. The van der Waals surface area contributed by atoms with Gasteiger partial charge < -0.3 is 5.73 Å². The van der Waals surface area contributed by atoms with E-state index in [0.29, 0.717) is 0 Å². The van der Waals surface area contributed by atoms with Gasteiger partial charge in [0.25, 0.3) is 0 Å². The van der Waals surface area contributed by atoms with Crippen LogP contribution in [-0.4, -0.2) is 0 Å². The number of anilines is 1. The van der Waals surface area contributed by atoms with E-state index in [9.17, 15) is 0 Å². The maximum absolute atomic E-state index is 6.05. The zero-order valence-electron chi connectivity index (χ0n) is 7.75. The third-order valence-electron chi connectivity index (χ3n) is 1.98. The maximum Gasteiger partial charge on any atom is 0.0592 e. The molecule has 0 radical (unpaired) electrons. The van der Waals surface area contributed by atoms with Crippen LogP contribution in [0.15, 0.2) is 29.6 Å². The highest BCUT2D eigenvalue weighted by Crippen LogP contribution is 2.34. The summed E-state index contributed by atoms with van der Waals surface area (Å²) in [7, 11) is 0. The minimum absolute atomic E-state index is 0.782. The summed E-state index contributed by atoms with van der Waals surface area (Å²) in [6.07, 6.45) is 0. The molecule has 0 atom stereocenters. The lowest BCUT2D eigenvalue weighted by molar-refractivity contribution is 1.48. The monoisotopic (exact) mass is 223 g/mol. The van der Waals surface area contributed by atoms with E-state index in [2.05, 4.69) is 6.07 Å². The van der Waals surface area contributed by atoms with Crippen LogP contribution < -0.4 is 5.73 Å². The zero-order valence-corrected chi connectivity index (χ0v) is 9.32. The van der Waals surface area contributed by atoms with Gasteiger partial charge >= 0.3 is 0 Å². The average molecular weight is 224 g/mol. The van der Waals surface area contributed by atoms with Gasteiger partial charge in [-0.05, 0) is 41.6 Å². The first-order valence-electron chi connectivity index (χ1n) is 4.27. The summed E-state index contributed by atoms with van der Waals surface area (Å²) < 4.78 is 0. The Labute approximate surface area is 92.1 Å². The van der Waals surface area contributed by atoms with E-state index in [0.717, 1.165) is 26.7 Å². The van der Waals surface area contributed by atoms with E-state index >= 15 is 0 Å². The number of thiophene rings is 1. The quantitative estimate of drug-likeness (QED) is 0.728. The third-order valence-corrected chi connectivity index (χ3v) is 3.37. The number of hydrogen-bond donors (Lipinski definition) is 1. The highest BCUT2D eigenvalue weighted by atomic mass is 35.5. The molecule has 0 aliphatic heterocycles. The van der Waals surface area contributed by atoms with Crippen molar-refractivity contribution in [3.63, 3.8) is 0 Å². The van der Waals surface area contributed by atoms with Crippen LogP contribution in [0.2, 0.25) is 5.02 Å². The van der Waals surface area contributed by atoms with Crippen LogP contribution in [0.3, 0.4) is 0 Å². The molecule has 0 saturated heterocycles. The Morgan fingerprint density at radius 3 is 2.64 bits per heavy atom. The second kappa shape index (κ2) is 3.64. The molecule has 1 aromatic heterocycles. The van der Waals surface area contributed by atoms with Crippen molar-refractivity contribution < 1.29 is 0 Å². The van der Waals surface area contributed by atoms with Crippen LogP contribution in [0.25, 0.3) is 10.4 Å². The molecule has 0 amide bonds. The molecule has 2 aromatic rings. The van der Waals surface area contributed by atoms with Gasteiger partial charge in [0.05, 0.1) is 9.90 Å². The highest BCUT2D eigenvalue weighted by molar-refractivity contribution is 7.14. The molecule has 1 aromatic carbocycles. The normalized spacial score (nSPS) is 10.4. The molecule has 72 valence electrons. The van der Waals surface area contributed by atoms with Gasteiger partial charge in [0.15, 0.2) is 0 Å². The number of aryl methyl sites for hydroxylation is 1. The molecule has 2 N–H and O–H groups in total. The smallest absolute Gasteiger partial charge is 0.0592 e. The lowest BCUT2D eigenvalue weighted by Gasteiger charge is -2.02. The van der Waals surface area contributed by atoms with E-state index in [1.165, 1.54) is 0 Å². The topological polar surface area (TPSA) is 26.0 Å². The number of nitrogens with two attached hydrogens (primary N) is 1. The zero-order chi connectivity index (χ0) is 10.1. The first-order valence-corrected chi connectivity index (χ1v) is 5.53. The summed E-state index contributed by atoms with van der Waals surface area (Å²) >= 11 is 7.68. The number of benzene rings is 1. The van der Waals surface area contributed by atoms with Gasteiger partial charge in [0, 0.05) is 5.69 Å². The van der Waals surface area contributed by atoms with Gasteiger partial charge in [0.1, 0.15) is 0 Å². The maximum atomic E-state index is 6.05. The van der Waals surface area contributed by atoms with E-state index in [-0.39, 0.29) is 0 Å². The van der Waals surface area contributed by atoms with Crippen LogP contribution in [0.5, 0.6) is 0 Å². The minimum Gasteiger partial charge on any atom is -0.399 e. The van der Waals surface area contributed by atoms with Crippen molar-refractivity contribution in [1.82, 2.24) is 0 Å². The average Bonchev–Trinajstić information content (AvgIpc) is 2.49. The molecule has 0 aliphatic carbocycles. The molecule has 1 nitrogen and oxygen atoms in total. The molecular formula is C11H10ClNS. The summed E-state index contributed by atoms with van der Waals surface area (Å²) in [6, 6.07) is 7.89. The Morgan fingerprint density at radius 1 is 1.29 bits per heavy atom. The molecular weight excluding hydrogens is 214 g/mol. The van der Waals surface area contributed by atoms with Gasteiger partial charge in [-0.3, -0.25) is 0 Å². The van der Waals surface area contributed by atoms with Crippen molar-refractivity contribution in [3.05, 3.63) is 40.2 Å². The lowest BCUT2D eigenvalue weighted by Crippen LogP contribution is -1.86. The largest absolute Gasteiger partial charge is 0.399 e. The Bertz CT molecular complexity index is 442. The predicted molar refractivity (Wildman–Crippen MR) is 63.9 cm³/mol. The summed E-state index contributed by atoms with van der Waals surface area (Å²) in [5.41, 5.74) is 8.82. The number of halogens is 1. The first-order chi connectivity index (χ1) is 6.66. The van der Waals surface area contributed by atoms with Crippen LogP contribution in [-0.2, 0) is 0 Å². The van der Waals surface area contributed by atoms with Gasteiger partial charge in [0.2, 0.25) is 0 Å². The summed E-state index contributed by atoms with van der Waals surface area (Å²) in [5.74, 6) is 0. The lowest BCUT2D eigenvalue weighted by atomic mass is 10.1. The van der Waals surface area contributed by atoms with Gasteiger partial charge in [-0.15, -0.1) is 11.3 Å². The Kier molecular flexibility index (Phi) is 2.48. The van der Waals surface area contributed by atoms with Crippen molar-refractivity contribution in [2.75, 3.05) is 5.73 Å². The molecule has 2 rings (SSSR count). The summed E-state index contributed by atoms with van der Waals surface area (Å²) in [6.45, 7) is 2.03. The van der Waals surface area contributed by atoms with Gasteiger partial charge in [-0.1, -0.05) is 17.7 Å². The Hall–Kier alpha value is -0.990. The van der Waals surface area contributed by atoms with Crippen LogP contribution >= 0.6 is 22.9 Å². The van der Waals surface area contributed by atoms with E-state index in [1.54, 1.807) is 11.3 Å². The Morgan fingerprint density at radius 2 is 2.07 bits per heavy atom. The number of rotatable bonds is 1. The summed E-state index contributed by atoms with van der Waals surface area (Å²) in [5, 5.41) is 2.77. The van der Waals surface area contributed by atoms with Crippen molar-refractivity contribution >= 4 is 28.6 Å². The van der Waals surface area contributed by atoms with E-state index in [1.807, 2.05) is 30.5 Å². The molecule has 0 saturated carbocycles. The van der Waals surface area contributed by atoms with Crippen molar-refractivity contribution in [2.45, 2.75) is 6.92 Å². The van der Waals surface area contributed by atoms with Gasteiger partial charge in [-0.2, -0.15) is 0 Å². The fourth-order valence-electron chi connectivity index (χ4n) is 1.44. The van der Waals surface area contributed by atoms with Crippen LogP contribution in [0, 0.1) is 6.92 Å². The fourth-order valence-corrected chi connectivity index (χ4v) is 2.60. The van der Waals surface area contributed by atoms with E-state index < -0.39 is 0 Å². The fraction of sp³-hybridized carbons (Fsp3) is 0.0909. The van der Waals surface area contributed by atoms with Crippen molar-refractivity contribution in [2.24, 2.45) is 0 Å². The number of nitrogen functional groups attached to an aromatic ring is 1. The molecule has 0 bridgehead atoms. The van der Waals surface area contributed by atoms with Crippen molar-refractivity contribution in [1.29, 1.82) is 0 Å². The molecule has 0 spiro atoms. The third kappa shape index (κ3) is 1.76. The highest BCUT2D eigenvalue weighted by Gasteiger charge is 2.05. The SMILES string of the molecule is Cc1cc(N)cc(-c2sccc2Cl)c1. The van der Waals surface area contributed by atoms with Gasteiger partial charge in [-0.25, -0.2) is 0 Å². The van der Waals surface area contributed by atoms with E-state index in [4.69, 9.17) is 17.3 Å². The minimum atomic E-state index is 0.782. The summed E-state index contributed by atoms with van der Waals surface area (Å²) in [4.78, 5) is 1.09. The molecule has 0 aliphatic rings. The molecule has 14 heavy (non-hydrogen) atoms. The standard InChI is InChI=1S/C11H10ClNS/c1-7-4-8(6-9(13)5-7)11-10(12)2-3-14-11/h2-6H,13H2,1H3. The predicted octanol–water partition coefficient (Wildman–Crippen LogP) is 3.96. The van der Waals surface area contributed by atoms with Crippen molar-refractivity contribution in [3.8, 4) is 10.4 Å². The van der Waals surface area contributed by atoms with Crippen LogP contribution in [0.1, 0.15) is 5.56 Å². The molecule has 0 fully saturated rings. The molecule has 3 heteroatoms. The van der Waals surface area contributed by atoms with Crippen LogP contribution in [0.4, 0.5) is 5.69 Å². The Balaban J connectivity index is 2.57. The second-order valence-corrected chi connectivity index (χ2v) is 4.55. The molecule has 1 heterocycles. The number of hydrogen-bond acceptors (Lipinski definition) is 2. The second-order valence-electron chi connectivity index (χ2n) is 3.23.